The Morgan fingerprint density at radius 1 is 0.889 bits per heavy atom. The van der Waals surface area contributed by atoms with Crippen LogP contribution in [0.3, 0.4) is 0 Å². The molecule has 0 unspecified atom stereocenters. The fourth-order valence-corrected chi connectivity index (χ4v) is 0.313. The summed E-state index contributed by atoms with van der Waals surface area (Å²) in [7, 11) is 0. The summed E-state index contributed by atoms with van der Waals surface area (Å²) in [5, 5.41) is 0. The molecule has 1 aromatic rings. The summed E-state index contributed by atoms with van der Waals surface area (Å²) in [6.45, 7) is 0. The number of nitrogens with two attached hydrogens (primary N) is 2. The Labute approximate surface area is 53.8 Å². The van der Waals surface area contributed by atoms with E-state index in [-0.39, 0.29) is 5.48 Å². The van der Waals surface area contributed by atoms with E-state index < -0.39 is 0 Å². The molecule has 52 valence electrons. The monoisotopic (exact) mass is 129 g/mol. The fraction of sp³-hybridized carbons (Fsp3) is 0. The van der Waals surface area contributed by atoms with Crippen molar-refractivity contribution in [1.29, 1.82) is 0 Å². The van der Waals surface area contributed by atoms with Crippen LogP contribution in [0.2, 0.25) is 0 Å². The molecule has 0 bridgehead atoms. The molecule has 0 aromatic carbocycles. The molecule has 9 heavy (non-hydrogen) atoms. The van der Waals surface area contributed by atoms with E-state index >= 15 is 0 Å². The molecule has 0 aliphatic carbocycles. The van der Waals surface area contributed by atoms with Crippen LogP contribution in [0, 0.1) is 0 Å². The lowest BCUT2D eigenvalue weighted by atomic mass is 10.5. The second-order valence-corrected chi connectivity index (χ2v) is 1.02. The first-order valence-electron chi connectivity index (χ1n) is 2.18. The highest BCUT2D eigenvalue weighted by Crippen LogP contribution is 1.73. The van der Waals surface area contributed by atoms with Crippen molar-refractivity contribution >= 4 is 0 Å². The van der Waals surface area contributed by atoms with Crippen LogP contribution in [0.25, 0.3) is 0 Å². The molecular weight excluding hydrogens is 118 g/mol. The van der Waals surface area contributed by atoms with E-state index in [4.69, 9.17) is 0 Å². The SMILES string of the molecule is NN.O.c1ccncc1. The molecule has 0 aliphatic heterocycles. The van der Waals surface area contributed by atoms with Crippen LogP contribution in [0.15, 0.2) is 30.6 Å². The summed E-state index contributed by atoms with van der Waals surface area (Å²) < 4.78 is 0. The van der Waals surface area contributed by atoms with E-state index in [1.807, 2.05) is 18.2 Å². The Hall–Kier alpha value is -0.970. The minimum absolute atomic E-state index is 0. The van der Waals surface area contributed by atoms with E-state index in [1.165, 1.54) is 0 Å². The molecule has 1 rings (SSSR count). The van der Waals surface area contributed by atoms with Gasteiger partial charge in [0.1, 0.15) is 0 Å². The Morgan fingerprint density at radius 2 is 1.33 bits per heavy atom. The first-order valence-corrected chi connectivity index (χ1v) is 2.18. The fourth-order valence-electron chi connectivity index (χ4n) is 0.313. The van der Waals surface area contributed by atoms with Gasteiger partial charge in [0.05, 0.1) is 0 Å². The minimum Gasteiger partial charge on any atom is -0.412 e. The van der Waals surface area contributed by atoms with Gasteiger partial charge in [-0.25, -0.2) is 0 Å². The second-order valence-electron chi connectivity index (χ2n) is 1.02. The van der Waals surface area contributed by atoms with Crippen molar-refractivity contribution in [2.45, 2.75) is 0 Å². The van der Waals surface area contributed by atoms with Crippen LogP contribution in [-0.4, -0.2) is 10.5 Å². The van der Waals surface area contributed by atoms with Crippen LogP contribution in [0.5, 0.6) is 0 Å². The molecule has 1 heterocycles. The van der Waals surface area contributed by atoms with Gasteiger partial charge in [0.15, 0.2) is 0 Å². The Morgan fingerprint density at radius 3 is 1.44 bits per heavy atom. The molecule has 4 nitrogen and oxygen atoms in total. The summed E-state index contributed by atoms with van der Waals surface area (Å²) in [6, 6.07) is 5.72. The van der Waals surface area contributed by atoms with Crippen LogP contribution in [0.4, 0.5) is 0 Å². The maximum Gasteiger partial charge on any atom is 0.0267 e. The number of aromatic nitrogens is 1. The molecule has 0 radical (unpaired) electrons. The first-order chi connectivity index (χ1) is 4.00. The normalized spacial score (nSPS) is 6.00. The van der Waals surface area contributed by atoms with Gasteiger partial charge in [-0.05, 0) is 12.1 Å². The van der Waals surface area contributed by atoms with Crippen molar-refractivity contribution in [1.82, 2.24) is 4.98 Å². The van der Waals surface area contributed by atoms with E-state index in [9.17, 15) is 0 Å². The Balaban J connectivity index is 0. The molecule has 0 saturated carbocycles. The number of pyridine rings is 1. The van der Waals surface area contributed by atoms with Gasteiger partial charge in [0.25, 0.3) is 0 Å². The third-order valence-corrected chi connectivity index (χ3v) is 0.566. The Bertz CT molecular complexity index is 84.1. The van der Waals surface area contributed by atoms with Gasteiger partial charge in [0.2, 0.25) is 0 Å². The third-order valence-electron chi connectivity index (χ3n) is 0.566. The van der Waals surface area contributed by atoms with Gasteiger partial charge in [-0.2, -0.15) is 0 Å². The Kier molecular flexibility index (Phi) is 12.3. The van der Waals surface area contributed by atoms with E-state index in [0.717, 1.165) is 0 Å². The molecule has 0 fully saturated rings. The van der Waals surface area contributed by atoms with E-state index in [2.05, 4.69) is 16.7 Å². The number of hydrogen-bond acceptors (Lipinski definition) is 3. The molecule has 1 aromatic heterocycles. The summed E-state index contributed by atoms with van der Waals surface area (Å²) in [6.07, 6.45) is 3.50. The van der Waals surface area contributed by atoms with Crippen LogP contribution >= 0.6 is 0 Å². The molecule has 4 heteroatoms. The smallest absolute Gasteiger partial charge is 0.0267 e. The summed E-state index contributed by atoms with van der Waals surface area (Å²) >= 11 is 0. The highest BCUT2D eigenvalue weighted by atomic mass is 16.0. The maximum atomic E-state index is 4.00. The number of hydrazine groups is 1. The average molecular weight is 129 g/mol. The summed E-state index contributed by atoms with van der Waals surface area (Å²) in [5.41, 5.74) is 0. The lowest BCUT2D eigenvalue weighted by Crippen LogP contribution is -2.02. The average Bonchev–Trinajstić information content (AvgIpc) is 1.96. The second kappa shape index (κ2) is 10.1. The maximum absolute atomic E-state index is 4.00. The number of hydrogen-bond donors (Lipinski definition) is 2. The van der Waals surface area contributed by atoms with Crippen LogP contribution in [-0.2, 0) is 0 Å². The van der Waals surface area contributed by atoms with Crippen molar-refractivity contribution in [3.63, 3.8) is 0 Å². The molecule has 0 amide bonds. The molecule has 0 atom stereocenters. The van der Waals surface area contributed by atoms with Crippen LogP contribution < -0.4 is 11.7 Å². The molecule has 6 N–H and O–H groups in total. The zero-order valence-corrected chi connectivity index (χ0v) is 4.99. The zero-order valence-electron chi connectivity index (χ0n) is 4.99. The van der Waals surface area contributed by atoms with Crippen molar-refractivity contribution in [2.75, 3.05) is 0 Å². The standard InChI is InChI=1S/C5H5N.H4N2.H2O/c1-2-4-6-5-3-1;1-2;/h1-5H;1-2H2;1H2. The molecule has 0 aliphatic rings. The minimum atomic E-state index is 0. The summed E-state index contributed by atoms with van der Waals surface area (Å²) in [4.78, 5) is 3.78. The van der Waals surface area contributed by atoms with E-state index in [0.29, 0.717) is 0 Å². The van der Waals surface area contributed by atoms with Crippen molar-refractivity contribution in [3.8, 4) is 0 Å². The number of rotatable bonds is 0. The predicted octanol–water partition coefficient (Wildman–Crippen LogP) is -0.924. The van der Waals surface area contributed by atoms with E-state index in [1.54, 1.807) is 12.4 Å². The third kappa shape index (κ3) is 7.03. The lowest BCUT2D eigenvalue weighted by molar-refractivity contribution is 0.824. The van der Waals surface area contributed by atoms with Gasteiger partial charge >= 0.3 is 0 Å². The number of nitrogens with zero attached hydrogens (tertiary/aromatic N) is 1. The zero-order chi connectivity index (χ0) is 6.24. The molecule has 0 spiro atoms. The van der Waals surface area contributed by atoms with Crippen molar-refractivity contribution in [3.05, 3.63) is 30.6 Å². The van der Waals surface area contributed by atoms with Crippen LogP contribution in [0.1, 0.15) is 0 Å². The van der Waals surface area contributed by atoms with Gasteiger partial charge in [-0.1, -0.05) is 6.07 Å². The predicted molar refractivity (Wildman–Crippen MR) is 36.2 cm³/mol. The largest absolute Gasteiger partial charge is 0.412 e. The van der Waals surface area contributed by atoms with Crippen molar-refractivity contribution in [2.24, 2.45) is 11.7 Å². The molecule has 0 saturated heterocycles. The molecular formula is C5H11N3O. The highest BCUT2D eigenvalue weighted by molar-refractivity contribution is 4.88. The van der Waals surface area contributed by atoms with Crippen molar-refractivity contribution < 1.29 is 5.48 Å². The topological polar surface area (TPSA) is 96.4 Å². The lowest BCUT2D eigenvalue weighted by Gasteiger charge is -1.70. The van der Waals surface area contributed by atoms with Gasteiger partial charge in [-0.3, -0.25) is 16.7 Å². The quantitative estimate of drug-likeness (QED) is 0.350. The van der Waals surface area contributed by atoms with Gasteiger partial charge in [-0.15, -0.1) is 0 Å². The summed E-state index contributed by atoms with van der Waals surface area (Å²) in [5.74, 6) is 8.00. The first kappa shape index (κ1) is 10.9. The van der Waals surface area contributed by atoms with Gasteiger partial charge in [0, 0.05) is 12.4 Å². The highest BCUT2D eigenvalue weighted by Gasteiger charge is 1.58. The van der Waals surface area contributed by atoms with Gasteiger partial charge < -0.3 is 5.48 Å².